The molecule has 0 saturated carbocycles. The molecule has 0 bridgehead atoms. The van der Waals surface area contributed by atoms with Gasteiger partial charge in [-0.3, -0.25) is 0 Å². The van der Waals surface area contributed by atoms with E-state index >= 15 is 0 Å². The molecular formula is C10H10N2O. The first kappa shape index (κ1) is 7.98. The molecule has 0 spiro atoms. The van der Waals surface area contributed by atoms with Gasteiger partial charge < -0.3 is 4.74 Å². The van der Waals surface area contributed by atoms with Crippen LogP contribution < -0.4 is 4.74 Å². The van der Waals surface area contributed by atoms with E-state index in [1.54, 1.807) is 13.3 Å². The summed E-state index contributed by atoms with van der Waals surface area (Å²) in [5.74, 6) is 1.60. The van der Waals surface area contributed by atoms with Gasteiger partial charge >= 0.3 is 0 Å². The summed E-state index contributed by atoms with van der Waals surface area (Å²) in [6.45, 7) is 1.87. The van der Waals surface area contributed by atoms with E-state index in [4.69, 9.17) is 4.74 Å². The first-order valence-corrected chi connectivity index (χ1v) is 4.07. The fourth-order valence-electron chi connectivity index (χ4n) is 1.30. The number of nitrogens with zero attached hydrogens (tertiary/aromatic N) is 2. The monoisotopic (exact) mass is 174 g/mol. The van der Waals surface area contributed by atoms with E-state index in [1.165, 1.54) is 0 Å². The lowest BCUT2D eigenvalue weighted by molar-refractivity contribution is 0.419. The van der Waals surface area contributed by atoms with Crippen LogP contribution in [-0.2, 0) is 0 Å². The number of benzene rings is 1. The van der Waals surface area contributed by atoms with Crippen LogP contribution in [0.1, 0.15) is 5.82 Å². The molecule has 0 fully saturated rings. The van der Waals surface area contributed by atoms with Gasteiger partial charge in [0.1, 0.15) is 11.6 Å². The van der Waals surface area contributed by atoms with Crippen LogP contribution in [0.15, 0.2) is 24.4 Å². The Balaban J connectivity index is 2.77. The van der Waals surface area contributed by atoms with Crippen molar-refractivity contribution < 1.29 is 4.74 Å². The zero-order valence-electron chi connectivity index (χ0n) is 7.61. The largest absolute Gasteiger partial charge is 0.496 e. The highest BCUT2D eigenvalue weighted by molar-refractivity contribution is 5.84. The Hall–Kier alpha value is -1.64. The number of hydrogen-bond donors (Lipinski definition) is 0. The molecule has 66 valence electrons. The van der Waals surface area contributed by atoms with E-state index in [0.717, 1.165) is 22.5 Å². The van der Waals surface area contributed by atoms with Gasteiger partial charge in [-0.1, -0.05) is 6.07 Å². The Labute approximate surface area is 76.4 Å². The van der Waals surface area contributed by atoms with Gasteiger partial charge in [-0.05, 0) is 19.1 Å². The lowest BCUT2D eigenvalue weighted by Crippen LogP contribution is -1.90. The third-order valence-corrected chi connectivity index (χ3v) is 1.93. The summed E-state index contributed by atoms with van der Waals surface area (Å²) < 4.78 is 5.19. The van der Waals surface area contributed by atoms with Crippen molar-refractivity contribution in [3.8, 4) is 5.75 Å². The predicted octanol–water partition coefficient (Wildman–Crippen LogP) is 1.95. The fraction of sp³-hybridized carbons (Fsp3) is 0.200. The number of ether oxygens (including phenoxy) is 1. The van der Waals surface area contributed by atoms with Gasteiger partial charge in [0, 0.05) is 6.20 Å². The van der Waals surface area contributed by atoms with E-state index < -0.39 is 0 Å². The highest BCUT2D eigenvalue weighted by atomic mass is 16.5. The van der Waals surface area contributed by atoms with Crippen LogP contribution in [0.4, 0.5) is 0 Å². The van der Waals surface area contributed by atoms with E-state index in [9.17, 15) is 0 Å². The van der Waals surface area contributed by atoms with Crippen LogP contribution in [0.2, 0.25) is 0 Å². The molecule has 1 aromatic carbocycles. The minimum atomic E-state index is 0.778. The van der Waals surface area contributed by atoms with Gasteiger partial charge in [0.25, 0.3) is 0 Å². The van der Waals surface area contributed by atoms with E-state index in [1.807, 2.05) is 25.1 Å². The van der Waals surface area contributed by atoms with Crippen LogP contribution in [0, 0.1) is 6.92 Å². The normalized spacial score (nSPS) is 10.3. The maximum absolute atomic E-state index is 5.19. The van der Waals surface area contributed by atoms with E-state index in [0.29, 0.717) is 0 Å². The van der Waals surface area contributed by atoms with Crippen LogP contribution in [-0.4, -0.2) is 17.1 Å². The molecule has 0 saturated heterocycles. The number of methoxy groups -OCH3 is 1. The summed E-state index contributed by atoms with van der Waals surface area (Å²) in [4.78, 5) is 8.42. The average Bonchev–Trinajstić information content (AvgIpc) is 2.16. The van der Waals surface area contributed by atoms with Crippen molar-refractivity contribution in [1.29, 1.82) is 0 Å². The molecule has 0 radical (unpaired) electrons. The third-order valence-electron chi connectivity index (χ3n) is 1.93. The molecule has 3 heteroatoms. The number of hydrogen-bond acceptors (Lipinski definition) is 3. The fourth-order valence-corrected chi connectivity index (χ4v) is 1.30. The molecule has 2 aromatic rings. The minimum Gasteiger partial charge on any atom is -0.496 e. The van der Waals surface area contributed by atoms with Crippen LogP contribution >= 0.6 is 0 Å². The van der Waals surface area contributed by atoms with Crippen molar-refractivity contribution in [3.05, 3.63) is 30.2 Å². The zero-order valence-corrected chi connectivity index (χ0v) is 7.61. The molecule has 0 atom stereocenters. The second-order valence-electron chi connectivity index (χ2n) is 2.81. The maximum Gasteiger partial charge on any atom is 0.129 e. The Morgan fingerprint density at radius 2 is 2.15 bits per heavy atom. The Morgan fingerprint density at radius 1 is 1.31 bits per heavy atom. The first-order chi connectivity index (χ1) is 6.31. The highest BCUT2D eigenvalue weighted by Gasteiger charge is 2.01. The van der Waals surface area contributed by atoms with Crippen molar-refractivity contribution >= 4 is 10.9 Å². The lowest BCUT2D eigenvalue weighted by atomic mass is 10.2. The topological polar surface area (TPSA) is 35.0 Å². The molecule has 2 rings (SSSR count). The summed E-state index contributed by atoms with van der Waals surface area (Å²) in [5, 5.41) is 0.954. The van der Waals surface area contributed by atoms with Gasteiger partial charge in [-0.2, -0.15) is 0 Å². The summed E-state index contributed by atoms with van der Waals surface area (Å²) >= 11 is 0. The van der Waals surface area contributed by atoms with Crippen LogP contribution in [0.5, 0.6) is 5.75 Å². The number of aromatic nitrogens is 2. The van der Waals surface area contributed by atoms with Crippen molar-refractivity contribution in [1.82, 2.24) is 9.97 Å². The van der Waals surface area contributed by atoms with Crippen molar-refractivity contribution in [3.63, 3.8) is 0 Å². The maximum atomic E-state index is 5.19. The zero-order chi connectivity index (χ0) is 9.26. The summed E-state index contributed by atoms with van der Waals surface area (Å²) in [7, 11) is 1.65. The number of aryl methyl sites for hydroxylation is 1. The summed E-state index contributed by atoms with van der Waals surface area (Å²) in [6.07, 6.45) is 1.79. The quantitative estimate of drug-likeness (QED) is 0.662. The molecule has 0 aliphatic carbocycles. The van der Waals surface area contributed by atoms with Gasteiger partial charge in [0.15, 0.2) is 0 Å². The molecule has 0 N–H and O–H groups in total. The smallest absolute Gasteiger partial charge is 0.129 e. The second kappa shape index (κ2) is 3.01. The predicted molar refractivity (Wildman–Crippen MR) is 50.8 cm³/mol. The van der Waals surface area contributed by atoms with E-state index in [-0.39, 0.29) is 0 Å². The highest BCUT2D eigenvalue weighted by Crippen LogP contribution is 2.22. The molecule has 0 unspecified atom stereocenters. The van der Waals surface area contributed by atoms with Crippen LogP contribution in [0.3, 0.4) is 0 Å². The molecule has 13 heavy (non-hydrogen) atoms. The Kier molecular flexibility index (Phi) is 1.85. The minimum absolute atomic E-state index is 0.778. The Bertz CT molecular complexity index is 440. The van der Waals surface area contributed by atoms with E-state index in [2.05, 4.69) is 9.97 Å². The van der Waals surface area contributed by atoms with Crippen molar-refractivity contribution in [2.45, 2.75) is 6.92 Å². The SMILES string of the molecule is COc1cccc2nc(C)ncc12. The number of fused-ring (bicyclic) bond motifs is 1. The standard InChI is InChI=1S/C10H10N2O/c1-7-11-6-8-9(12-7)4-3-5-10(8)13-2/h3-6H,1-2H3. The Morgan fingerprint density at radius 3 is 2.92 bits per heavy atom. The molecular weight excluding hydrogens is 164 g/mol. The second-order valence-corrected chi connectivity index (χ2v) is 2.81. The lowest BCUT2D eigenvalue weighted by Gasteiger charge is -2.03. The van der Waals surface area contributed by atoms with Gasteiger partial charge in [0.2, 0.25) is 0 Å². The van der Waals surface area contributed by atoms with Crippen LogP contribution in [0.25, 0.3) is 10.9 Å². The van der Waals surface area contributed by atoms with Gasteiger partial charge in [-0.25, -0.2) is 9.97 Å². The summed E-state index contributed by atoms with van der Waals surface area (Å²) in [5.41, 5.74) is 0.923. The average molecular weight is 174 g/mol. The van der Waals surface area contributed by atoms with Gasteiger partial charge in [-0.15, -0.1) is 0 Å². The van der Waals surface area contributed by atoms with Crippen molar-refractivity contribution in [2.75, 3.05) is 7.11 Å². The first-order valence-electron chi connectivity index (χ1n) is 4.07. The molecule has 3 nitrogen and oxygen atoms in total. The van der Waals surface area contributed by atoms with Gasteiger partial charge in [0.05, 0.1) is 18.0 Å². The molecule has 1 heterocycles. The molecule has 0 amide bonds. The molecule has 0 aliphatic heterocycles. The molecule has 1 aromatic heterocycles. The molecule has 0 aliphatic rings. The summed E-state index contributed by atoms with van der Waals surface area (Å²) in [6, 6.07) is 5.78. The third kappa shape index (κ3) is 1.33. The number of rotatable bonds is 1. The van der Waals surface area contributed by atoms with Crippen molar-refractivity contribution in [2.24, 2.45) is 0 Å².